The summed E-state index contributed by atoms with van der Waals surface area (Å²) in [5, 5.41) is 3.24. The normalized spacial score (nSPS) is 24.6. The highest BCUT2D eigenvalue weighted by Gasteiger charge is 2.42. The quantitative estimate of drug-likeness (QED) is 0.811. The van der Waals surface area contributed by atoms with Crippen LogP contribution in [0.3, 0.4) is 0 Å². The monoisotopic (exact) mass is 333 g/mol. The van der Waals surface area contributed by atoms with Gasteiger partial charge in [0.2, 0.25) is 5.91 Å². The van der Waals surface area contributed by atoms with E-state index >= 15 is 0 Å². The molecule has 1 N–H and O–H groups in total. The zero-order valence-electron chi connectivity index (χ0n) is 14.7. The van der Waals surface area contributed by atoms with Crippen molar-refractivity contribution in [2.75, 3.05) is 6.54 Å². The molecule has 1 amide bonds. The van der Waals surface area contributed by atoms with Crippen molar-refractivity contribution >= 4 is 5.91 Å². The topological polar surface area (TPSA) is 29.1 Å². The molecule has 0 heterocycles. The predicted octanol–water partition coefficient (Wildman–Crippen LogP) is 4.76. The minimum Gasteiger partial charge on any atom is -0.356 e. The Bertz CT molecular complexity index is 657. The van der Waals surface area contributed by atoms with E-state index in [0.717, 1.165) is 25.3 Å². The van der Waals surface area contributed by atoms with Gasteiger partial charge in [-0.05, 0) is 48.6 Å². The van der Waals surface area contributed by atoms with Gasteiger partial charge in [0.1, 0.15) is 0 Å². The van der Waals surface area contributed by atoms with Crippen LogP contribution < -0.4 is 5.32 Å². The smallest absolute Gasteiger partial charge is 0.223 e. The molecule has 2 heteroatoms. The van der Waals surface area contributed by atoms with Crippen LogP contribution in [0.4, 0.5) is 0 Å². The SMILES string of the molecule is O=C(NCCC(c1ccccc1)c1ccccc1)C1CC2CCC1C2. The molecule has 2 aliphatic carbocycles. The Kier molecular flexibility index (Phi) is 4.87. The summed E-state index contributed by atoms with van der Waals surface area (Å²) in [6.07, 6.45) is 5.96. The summed E-state index contributed by atoms with van der Waals surface area (Å²) in [5.74, 6) is 2.40. The van der Waals surface area contributed by atoms with Crippen LogP contribution >= 0.6 is 0 Å². The summed E-state index contributed by atoms with van der Waals surface area (Å²) in [5.41, 5.74) is 2.64. The molecule has 0 aromatic heterocycles. The van der Waals surface area contributed by atoms with E-state index in [1.165, 1.54) is 30.4 Å². The average Bonchev–Trinajstić information content (AvgIpc) is 3.30. The fourth-order valence-electron chi connectivity index (χ4n) is 4.93. The Morgan fingerprint density at radius 1 is 0.920 bits per heavy atom. The van der Waals surface area contributed by atoms with E-state index in [1.54, 1.807) is 0 Å². The third-order valence-corrected chi connectivity index (χ3v) is 6.21. The Morgan fingerprint density at radius 2 is 1.56 bits per heavy atom. The fraction of sp³-hybridized carbons (Fsp3) is 0.435. The summed E-state index contributed by atoms with van der Waals surface area (Å²) in [6, 6.07) is 21.3. The van der Waals surface area contributed by atoms with Gasteiger partial charge in [0.05, 0.1) is 0 Å². The van der Waals surface area contributed by atoms with E-state index in [9.17, 15) is 4.79 Å². The Labute approximate surface area is 150 Å². The third-order valence-electron chi connectivity index (χ3n) is 6.21. The molecule has 2 aromatic carbocycles. The minimum absolute atomic E-state index is 0.283. The Hall–Kier alpha value is -2.09. The van der Waals surface area contributed by atoms with Crippen molar-refractivity contribution in [3.05, 3.63) is 71.8 Å². The molecule has 2 nitrogen and oxygen atoms in total. The van der Waals surface area contributed by atoms with E-state index in [-0.39, 0.29) is 5.92 Å². The van der Waals surface area contributed by atoms with Gasteiger partial charge >= 0.3 is 0 Å². The number of rotatable bonds is 6. The average molecular weight is 333 g/mol. The van der Waals surface area contributed by atoms with Gasteiger partial charge in [0.25, 0.3) is 0 Å². The molecule has 3 atom stereocenters. The lowest BCUT2D eigenvalue weighted by Crippen LogP contribution is -2.34. The Morgan fingerprint density at radius 3 is 2.08 bits per heavy atom. The predicted molar refractivity (Wildman–Crippen MR) is 101 cm³/mol. The highest BCUT2D eigenvalue weighted by Crippen LogP contribution is 2.48. The van der Waals surface area contributed by atoms with Gasteiger partial charge < -0.3 is 5.32 Å². The molecule has 2 aliphatic rings. The van der Waals surface area contributed by atoms with E-state index < -0.39 is 0 Å². The van der Waals surface area contributed by atoms with Gasteiger partial charge in [-0.25, -0.2) is 0 Å². The van der Waals surface area contributed by atoms with Crippen molar-refractivity contribution < 1.29 is 4.79 Å². The molecular weight excluding hydrogens is 306 g/mol. The van der Waals surface area contributed by atoms with Crippen LogP contribution in [-0.4, -0.2) is 12.5 Å². The van der Waals surface area contributed by atoms with Crippen molar-refractivity contribution in [2.24, 2.45) is 17.8 Å². The highest BCUT2D eigenvalue weighted by atomic mass is 16.1. The second-order valence-electron chi connectivity index (χ2n) is 7.74. The van der Waals surface area contributed by atoms with Crippen molar-refractivity contribution in [1.82, 2.24) is 5.32 Å². The number of hydrogen-bond acceptors (Lipinski definition) is 1. The summed E-state index contributed by atoms with van der Waals surface area (Å²) < 4.78 is 0. The zero-order chi connectivity index (χ0) is 17.1. The molecule has 2 bridgehead atoms. The van der Waals surface area contributed by atoms with Crippen molar-refractivity contribution in [3.8, 4) is 0 Å². The van der Waals surface area contributed by atoms with Crippen LogP contribution in [0.1, 0.15) is 49.1 Å². The minimum atomic E-state index is 0.283. The van der Waals surface area contributed by atoms with Gasteiger partial charge in [0.15, 0.2) is 0 Å². The summed E-state index contributed by atoms with van der Waals surface area (Å²) in [7, 11) is 0. The first kappa shape index (κ1) is 16.4. The zero-order valence-corrected chi connectivity index (χ0v) is 14.7. The van der Waals surface area contributed by atoms with Gasteiger partial charge in [0, 0.05) is 18.4 Å². The summed E-state index contributed by atoms with van der Waals surface area (Å²) >= 11 is 0. The van der Waals surface area contributed by atoms with Crippen molar-refractivity contribution in [1.29, 1.82) is 0 Å². The first-order chi connectivity index (χ1) is 12.3. The molecule has 3 unspecified atom stereocenters. The molecule has 0 aliphatic heterocycles. The van der Waals surface area contributed by atoms with E-state index in [4.69, 9.17) is 0 Å². The fourth-order valence-corrected chi connectivity index (χ4v) is 4.93. The number of hydrogen-bond donors (Lipinski definition) is 1. The van der Waals surface area contributed by atoms with Crippen LogP contribution in [0.2, 0.25) is 0 Å². The van der Waals surface area contributed by atoms with E-state index in [0.29, 0.717) is 17.7 Å². The van der Waals surface area contributed by atoms with E-state index in [2.05, 4.69) is 66.0 Å². The number of fused-ring (bicyclic) bond motifs is 2. The summed E-state index contributed by atoms with van der Waals surface area (Å²) in [6.45, 7) is 0.751. The molecule has 0 radical (unpaired) electrons. The van der Waals surface area contributed by atoms with Gasteiger partial charge in [-0.15, -0.1) is 0 Å². The third kappa shape index (κ3) is 3.63. The lowest BCUT2D eigenvalue weighted by Gasteiger charge is -2.22. The number of carbonyl (C=O) groups excluding carboxylic acids is 1. The lowest BCUT2D eigenvalue weighted by molar-refractivity contribution is -0.126. The van der Waals surface area contributed by atoms with Crippen LogP contribution in [0.25, 0.3) is 0 Å². The summed E-state index contributed by atoms with van der Waals surface area (Å²) in [4.78, 5) is 12.6. The second kappa shape index (κ2) is 7.43. The van der Waals surface area contributed by atoms with Gasteiger partial charge in [-0.2, -0.15) is 0 Å². The molecule has 4 rings (SSSR count). The maximum atomic E-state index is 12.6. The molecule has 2 saturated carbocycles. The number of nitrogens with one attached hydrogen (secondary N) is 1. The lowest BCUT2D eigenvalue weighted by atomic mass is 9.87. The maximum absolute atomic E-state index is 12.6. The van der Waals surface area contributed by atoms with Crippen molar-refractivity contribution in [3.63, 3.8) is 0 Å². The molecular formula is C23H27NO. The number of benzene rings is 2. The first-order valence-corrected chi connectivity index (χ1v) is 9.69. The first-order valence-electron chi connectivity index (χ1n) is 9.69. The Balaban J connectivity index is 1.39. The van der Waals surface area contributed by atoms with E-state index in [1.807, 2.05) is 0 Å². The molecule has 0 spiro atoms. The van der Waals surface area contributed by atoms with Crippen LogP contribution in [0.5, 0.6) is 0 Å². The van der Waals surface area contributed by atoms with Gasteiger partial charge in [-0.3, -0.25) is 4.79 Å². The molecule has 130 valence electrons. The maximum Gasteiger partial charge on any atom is 0.223 e. The molecule has 2 fully saturated rings. The van der Waals surface area contributed by atoms with Gasteiger partial charge in [-0.1, -0.05) is 67.1 Å². The van der Waals surface area contributed by atoms with Crippen molar-refractivity contribution in [2.45, 2.75) is 38.0 Å². The molecule has 0 saturated heterocycles. The standard InChI is InChI=1S/C23H27NO/c25-23(22-16-17-11-12-20(22)15-17)24-14-13-21(18-7-3-1-4-8-18)19-9-5-2-6-10-19/h1-10,17,20-22H,11-16H2,(H,24,25). The van der Waals surface area contributed by atoms with Crippen LogP contribution in [0.15, 0.2) is 60.7 Å². The van der Waals surface area contributed by atoms with Crippen LogP contribution in [-0.2, 0) is 4.79 Å². The molecule has 25 heavy (non-hydrogen) atoms. The largest absolute Gasteiger partial charge is 0.356 e. The van der Waals surface area contributed by atoms with Crippen LogP contribution in [0, 0.1) is 17.8 Å². The second-order valence-corrected chi connectivity index (χ2v) is 7.74. The number of amides is 1. The molecule has 2 aromatic rings. The highest BCUT2D eigenvalue weighted by molar-refractivity contribution is 5.79. The number of carbonyl (C=O) groups is 1.